The summed E-state index contributed by atoms with van der Waals surface area (Å²) in [4.78, 5) is 16.7. The second-order valence-electron chi connectivity index (χ2n) is 5.15. The monoisotopic (exact) mass is 226 g/mol. The maximum atomic E-state index is 12.3. The van der Waals surface area contributed by atoms with Gasteiger partial charge in [-0.05, 0) is 26.8 Å². The predicted octanol–water partition coefficient (Wildman–Crippen LogP) is 1.97. The van der Waals surface area contributed by atoms with E-state index in [0.717, 1.165) is 25.9 Å². The van der Waals surface area contributed by atoms with Crippen molar-refractivity contribution in [2.75, 3.05) is 20.1 Å². The molecule has 1 fully saturated rings. The summed E-state index contributed by atoms with van der Waals surface area (Å²) in [5.41, 5.74) is 0. The summed E-state index contributed by atoms with van der Waals surface area (Å²) in [5, 5.41) is 0. The van der Waals surface area contributed by atoms with Crippen LogP contribution in [0.5, 0.6) is 0 Å². The Hall–Kier alpha value is -0.570. The second kappa shape index (κ2) is 5.67. The molecular weight excluding hydrogens is 200 g/mol. The van der Waals surface area contributed by atoms with Crippen LogP contribution in [0.3, 0.4) is 0 Å². The van der Waals surface area contributed by atoms with Gasteiger partial charge in [-0.25, -0.2) is 0 Å². The Morgan fingerprint density at radius 1 is 1.38 bits per heavy atom. The van der Waals surface area contributed by atoms with Crippen LogP contribution in [-0.2, 0) is 4.79 Å². The number of nitrogens with zero attached hydrogens (tertiary/aromatic N) is 2. The molecule has 1 heterocycles. The third-order valence-corrected chi connectivity index (χ3v) is 3.94. The molecule has 0 saturated carbocycles. The topological polar surface area (TPSA) is 23.6 Å². The van der Waals surface area contributed by atoms with Crippen LogP contribution in [0.4, 0.5) is 0 Å². The van der Waals surface area contributed by atoms with Crippen LogP contribution >= 0.6 is 0 Å². The Labute approximate surface area is 99.8 Å². The van der Waals surface area contributed by atoms with E-state index in [1.807, 2.05) is 6.92 Å². The summed E-state index contributed by atoms with van der Waals surface area (Å²) in [6.07, 6.45) is 2.00. The molecule has 0 aliphatic carbocycles. The molecule has 0 radical (unpaired) electrons. The minimum atomic E-state index is 0.171. The van der Waals surface area contributed by atoms with E-state index in [2.05, 4.69) is 37.6 Å². The molecule has 3 atom stereocenters. The van der Waals surface area contributed by atoms with Crippen molar-refractivity contribution in [3.63, 3.8) is 0 Å². The van der Waals surface area contributed by atoms with Crippen LogP contribution in [0.2, 0.25) is 0 Å². The maximum Gasteiger partial charge on any atom is 0.225 e. The molecular formula is C13H26N2O. The van der Waals surface area contributed by atoms with Gasteiger partial charge in [0.1, 0.15) is 0 Å². The number of hydrogen-bond donors (Lipinski definition) is 0. The first-order chi connectivity index (χ1) is 7.51. The molecule has 1 unspecified atom stereocenters. The fraction of sp³-hybridized carbons (Fsp3) is 0.923. The summed E-state index contributed by atoms with van der Waals surface area (Å²) in [7, 11) is 2.15. The Kier molecular flexibility index (Phi) is 4.78. The smallest absolute Gasteiger partial charge is 0.225 e. The average Bonchev–Trinajstić information content (AvgIpc) is 2.30. The molecule has 3 nitrogen and oxygen atoms in total. The first kappa shape index (κ1) is 13.5. The fourth-order valence-corrected chi connectivity index (χ4v) is 2.26. The average molecular weight is 226 g/mol. The lowest BCUT2D eigenvalue weighted by atomic mass is 10.0. The van der Waals surface area contributed by atoms with E-state index in [4.69, 9.17) is 0 Å². The van der Waals surface area contributed by atoms with Crippen LogP contribution in [0.25, 0.3) is 0 Å². The molecule has 0 spiro atoms. The van der Waals surface area contributed by atoms with E-state index in [1.54, 1.807) is 0 Å². The van der Waals surface area contributed by atoms with Gasteiger partial charge in [-0.2, -0.15) is 0 Å². The van der Waals surface area contributed by atoms with Crippen LogP contribution < -0.4 is 0 Å². The van der Waals surface area contributed by atoms with Crippen molar-refractivity contribution in [2.24, 2.45) is 5.92 Å². The van der Waals surface area contributed by atoms with Gasteiger partial charge in [0.15, 0.2) is 0 Å². The van der Waals surface area contributed by atoms with E-state index in [0.29, 0.717) is 18.0 Å². The molecule has 1 aliphatic heterocycles. The van der Waals surface area contributed by atoms with Gasteiger partial charge >= 0.3 is 0 Å². The highest BCUT2D eigenvalue weighted by atomic mass is 16.2. The van der Waals surface area contributed by atoms with Crippen LogP contribution in [0, 0.1) is 5.92 Å². The van der Waals surface area contributed by atoms with Gasteiger partial charge in [-0.3, -0.25) is 9.69 Å². The zero-order chi connectivity index (χ0) is 12.3. The summed E-state index contributed by atoms with van der Waals surface area (Å²) < 4.78 is 0. The van der Waals surface area contributed by atoms with E-state index in [1.165, 1.54) is 0 Å². The minimum Gasteiger partial charge on any atom is -0.337 e. The Balaban J connectivity index is 2.72. The summed E-state index contributed by atoms with van der Waals surface area (Å²) in [6.45, 7) is 10.4. The van der Waals surface area contributed by atoms with Gasteiger partial charge < -0.3 is 4.90 Å². The van der Waals surface area contributed by atoms with Gasteiger partial charge in [-0.1, -0.05) is 20.8 Å². The van der Waals surface area contributed by atoms with Crippen molar-refractivity contribution in [3.05, 3.63) is 0 Å². The lowest BCUT2D eigenvalue weighted by Gasteiger charge is -2.44. The third kappa shape index (κ3) is 2.76. The number of carbonyl (C=O) groups is 1. The number of likely N-dealkylation sites (N-methyl/N-ethyl adjacent to an activating group) is 1. The van der Waals surface area contributed by atoms with Gasteiger partial charge in [0.05, 0.1) is 0 Å². The fourth-order valence-electron chi connectivity index (χ4n) is 2.26. The van der Waals surface area contributed by atoms with Crippen LogP contribution in [-0.4, -0.2) is 47.9 Å². The van der Waals surface area contributed by atoms with Crippen molar-refractivity contribution in [1.29, 1.82) is 0 Å². The Morgan fingerprint density at radius 3 is 2.50 bits per heavy atom. The van der Waals surface area contributed by atoms with Crippen molar-refractivity contribution >= 4 is 5.91 Å². The molecule has 0 aromatic heterocycles. The van der Waals surface area contributed by atoms with E-state index in [-0.39, 0.29) is 5.92 Å². The third-order valence-electron chi connectivity index (χ3n) is 3.94. The van der Waals surface area contributed by atoms with E-state index < -0.39 is 0 Å². The lowest BCUT2D eigenvalue weighted by Crippen LogP contribution is -2.58. The molecule has 16 heavy (non-hydrogen) atoms. The summed E-state index contributed by atoms with van der Waals surface area (Å²) in [5.74, 6) is 0.513. The largest absolute Gasteiger partial charge is 0.337 e. The molecule has 0 aromatic rings. The molecule has 0 bridgehead atoms. The van der Waals surface area contributed by atoms with Gasteiger partial charge in [0, 0.05) is 31.1 Å². The van der Waals surface area contributed by atoms with Gasteiger partial charge in [-0.15, -0.1) is 0 Å². The van der Waals surface area contributed by atoms with Crippen molar-refractivity contribution < 1.29 is 4.79 Å². The number of rotatable bonds is 3. The van der Waals surface area contributed by atoms with Crippen LogP contribution in [0.1, 0.15) is 40.5 Å². The number of piperazine rings is 1. The van der Waals surface area contributed by atoms with Crippen molar-refractivity contribution in [3.8, 4) is 0 Å². The Morgan fingerprint density at radius 2 is 2.00 bits per heavy atom. The van der Waals surface area contributed by atoms with Crippen molar-refractivity contribution in [2.45, 2.75) is 52.6 Å². The highest BCUT2D eigenvalue weighted by Gasteiger charge is 2.32. The first-order valence-corrected chi connectivity index (χ1v) is 6.51. The number of amides is 1. The number of carbonyl (C=O) groups excluding carboxylic acids is 1. The zero-order valence-electron chi connectivity index (χ0n) is 11.4. The summed E-state index contributed by atoms with van der Waals surface area (Å²) in [6, 6.07) is 0.888. The SMILES string of the molecule is CCC(C)C(=O)N1C[C@H](C)N(C)C[C@@H]1CC. The maximum absolute atomic E-state index is 12.3. The summed E-state index contributed by atoms with van der Waals surface area (Å²) >= 11 is 0. The molecule has 0 N–H and O–H groups in total. The van der Waals surface area contributed by atoms with Crippen molar-refractivity contribution in [1.82, 2.24) is 9.80 Å². The molecule has 1 saturated heterocycles. The molecule has 1 rings (SSSR count). The molecule has 1 aliphatic rings. The highest BCUT2D eigenvalue weighted by Crippen LogP contribution is 2.19. The lowest BCUT2D eigenvalue weighted by molar-refractivity contribution is -0.141. The van der Waals surface area contributed by atoms with E-state index >= 15 is 0 Å². The van der Waals surface area contributed by atoms with E-state index in [9.17, 15) is 4.79 Å². The standard InChI is InChI=1S/C13H26N2O/c1-6-10(3)13(16)15-8-11(4)14(5)9-12(15)7-2/h10-12H,6-9H2,1-5H3/t10?,11-,12-/m0/s1. The molecule has 0 aromatic carbocycles. The van der Waals surface area contributed by atoms with Gasteiger partial charge in [0.2, 0.25) is 5.91 Å². The molecule has 3 heteroatoms. The molecule has 94 valence electrons. The highest BCUT2D eigenvalue weighted by molar-refractivity contribution is 5.79. The minimum absolute atomic E-state index is 0.171. The Bertz CT molecular complexity index is 242. The number of hydrogen-bond acceptors (Lipinski definition) is 2. The van der Waals surface area contributed by atoms with Crippen LogP contribution in [0.15, 0.2) is 0 Å². The molecule has 1 amide bonds. The predicted molar refractivity (Wildman–Crippen MR) is 67.3 cm³/mol. The second-order valence-corrected chi connectivity index (χ2v) is 5.15. The zero-order valence-corrected chi connectivity index (χ0v) is 11.4. The quantitative estimate of drug-likeness (QED) is 0.734. The first-order valence-electron chi connectivity index (χ1n) is 6.51. The normalized spacial score (nSPS) is 29.2. The van der Waals surface area contributed by atoms with Gasteiger partial charge in [0.25, 0.3) is 0 Å².